The Bertz CT molecular complexity index is 462. The number of anilines is 1. The first-order chi connectivity index (χ1) is 9.08. The number of carbonyl (C=O) groups is 1. The molecule has 0 bridgehead atoms. The second kappa shape index (κ2) is 5.61. The molecular formula is C15H22N2O2. The van der Waals surface area contributed by atoms with Crippen molar-refractivity contribution in [1.29, 1.82) is 0 Å². The summed E-state index contributed by atoms with van der Waals surface area (Å²) in [5, 5.41) is 2.94. The first kappa shape index (κ1) is 13.9. The molecule has 1 aliphatic carbocycles. The molecule has 19 heavy (non-hydrogen) atoms. The van der Waals surface area contributed by atoms with Crippen LogP contribution in [0.3, 0.4) is 0 Å². The van der Waals surface area contributed by atoms with Gasteiger partial charge in [0.25, 0.3) is 0 Å². The van der Waals surface area contributed by atoms with E-state index in [0.717, 1.165) is 29.8 Å². The van der Waals surface area contributed by atoms with Gasteiger partial charge in [-0.1, -0.05) is 6.42 Å². The van der Waals surface area contributed by atoms with Gasteiger partial charge in [0.15, 0.2) is 0 Å². The standard InChI is InChI=1S/C15H22N2O2/c1-11-8-12(4-5-13(11)19-2)17-14(18)9-15(10-16)6-3-7-15/h4-5,8H,3,6-7,9-10,16H2,1-2H3,(H,17,18). The van der Waals surface area contributed by atoms with Gasteiger partial charge in [0.05, 0.1) is 7.11 Å². The topological polar surface area (TPSA) is 64.3 Å². The Morgan fingerprint density at radius 1 is 1.47 bits per heavy atom. The zero-order chi connectivity index (χ0) is 13.9. The maximum absolute atomic E-state index is 12.0. The van der Waals surface area contributed by atoms with Crippen molar-refractivity contribution >= 4 is 11.6 Å². The summed E-state index contributed by atoms with van der Waals surface area (Å²) >= 11 is 0. The molecule has 1 fully saturated rings. The minimum atomic E-state index is 0.0472. The molecule has 3 N–H and O–H groups in total. The van der Waals surface area contributed by atoms with E-state index in [9.17, 15) is 4.79 Å². The Labute approximate surface area is 114 Å². The molecule has 1 aromatic carbocycles. The SMILES string of the molecule is COc1ccc(NC(=O)CC2(CN)CCC2)cc1C. The molecule has 0 saturated heterocycles. The second-order valence-corrected chi connectivity index (χ2v) is 5.47. The zero-order valence-corrected chi connectivity index (χ0v) is 11.7. The van der Waals surface area contributed by atoms with Gasteiger partial charge in [-0.25, -0.2) is 0 Å². The second-order valence-electron chi connectivity index (χ2n) is 5.47. The van der Waals surface area contributed by atoms with Crippen LogP contribution >= 0.6 is 0 Å². The third-order valence-corrected chi connectivity index (χ3v) is 4.06. The fourth-order valence-corrected chi connectivity index (χ4v) is 2.63. The molecule has 4 heteroatoms. The molecule has 2 rings (SSSR count). The number of nitrogens with two attached hydrogens (primary N) is 1. The maximum Gasteiger partial charge on any atom is 0.224 e. The lowest BCUT2D eigenvalue weighted by molar-refractivity contribution is -0.119. The van der Waals surface area contributed by atoms with E-state index in [1.807, 2.05) is 25.1 Å². The van der Waals surface area contributed by atoms with Crippen molar-refractivity contribution in [3.05, 3.63) is 23.8 Å². The number of hydrogen-bond donors (Lipinski definition) is 2. The van der Waals surface area contributed by atoms with E-state index in [2.05, 4.69) is 5.32 Å². The Hall–Kier alpha value is -1.55. The van der Waals surface area contributed by atoms with Crippen LogP contribution in [0.5, 0.6) is 5.75 Å². The minimum absolute atomic E-state index is 0.0472. The van der Waals surface area contributed by atoms with Crippen LogP contribution in [0.1, 0.15) is 31.2 Å². The Morgan fingerprint density at radius 2 is 2.21 bits per heavy atom. The van der Waals surface area contributed by atoms with Crippen molar-refractivity contribution in [2.24, 2.45) is 11.1 Å². The number of amides is 1. The van der Waals surface area contributed by atoms with E-state index >= 15 is 0 Å². The zero-order valence-electron chi connectivity index (χ0n) is 11.7. The van der Waals surface area contributed by atoms with Crippen LogP contribution in [-0.2, 0) is 4.79 Å². The quantitative estimate of drug-likeness (QED) is 0.856. The van der Waals surface area contributed by atoms with Crippen LogP contribution in [0.25, 0.3) is 0 Å². The predicted molar refractivity (Wildman–Crippen MR) is 76.3 cm³/mol. The van der Waals surface area contributed by atoms with Crippen molar-refractivity contribution in [2.75, 3.05) is 19.0 Å². The van der Waals surface area contributed by atoms with Gasteiger partial charge in [-0.3, -0.25) is 4.79 Å². The number of nitrogens with one attached hydrogen (secondary N) is 1. The molecule has 1 amide bonds. The summed E-state index contributed by atoms with van der Waals surface area (Å²) in [6, 6.07) is 5.65. The lowest BCUT2D eigenvalue weighted by Crippen LogP contribution is -2.40. The largest absolute Gasteiger partial charge is 0.496 e. The van der Waals surface area contributed by atoms with E-state index in [1.54, 1.807) is 7.11 Å². The third-order valence-electron chi connectivity index (χ3n) is 4.06. The summed E-state index contributed by atoms with van der Waals surface area (Å²) in [6.07, 6.45) is 3.85. The maximum atomic E-state index is 12.0. The minimum Gasteiger partial charge on any atom is -0.496 e. The van der Waals surface area contributed by atoms with Gasteiger partial charge in [0, 0.05) is 12.1 Å². The van der Waals surface area contributed by atoms with E-state index in [4.69, 9.17) is 10.5 Å². The highest BCUT2D eigenvalue weighted by molar-refractivity contribution is 5.91. The van der Waals surface area contributed by atoms with Crippen LogP contribution in [0, 0.1) is 12.3 Å². The molecule has 104 valence electrons. The predicted octanol–water partition coefficient (Wildman–Crippen LogP) is 2.46. The van der Waals surface area contributed by atoms with Crippen LogP contribution in [0.4, 0.5) is 5.69 Å². The van der Waals surface area contributed by atoms with Crippen LogP contribution in [0.2, 0.25) is 0 Å². The number of methoxy groups -OCH3 is 1. The summed E-state index contributed by atoms with van der Waals surface area (Å²) < 4.78 is 5.20. The number of benzene rings is 1. The molecule has 1 aromatic rings. The fourth-order valence-electron chi connectivity index (χ4n) is 2.63. The number of aryl methyl sites for hydroxylation is 1. The summed E-state index contributed by atoms with van der Waals surface area (Å²) in [5.74, 6) is 0.880. The summed E-state index contributed by atoms with van der Waals surface area (Å²) in [6.45, 7) is 2.56. The summed E-state index contributed by atoms with van der Waals surface area (Å²) in [4.78, 5) is 12.0. The number of rotatable bonds is 5. The molecule has 0 aromatic heterocycles. The normalized spacial score (nSPS) is 16.6. The molecule has 0 unspecified atom stereocenters. The fraction of sp³-hybridized carbons (Fsp3) is 0.533. The molecule has 0 radical (unpaired) electrons. The van der Waals surface area contributed by atoms with E-state index in [1.165, 1.54) is 6.42 Å². The highest BCUT2D eigenvalue weighted by Crippen LogP contribution is 2.43. The molecule has 0 atom stereocenters. The molecule has 1 aliphatic rings. The van der Waals surface area contributed by atoms with Gasteiger partial charge < -0.3 is 15.8 Å². The number of carbonyl (C=O) groups excluding carboxylic acids is 1. The lowest BCUT2D eigenvalue weighted by Gasteiger charge is -2.40. The third kappa shape index (κ3) is 3.07. The average Bonchev–Trinajstić information content (AvgIpc) is 2.34. The molecule has 4 nitrogen and oxygen atoms in total. The molecule has 0 spiro atoms. The van der Waals surface area contributed by atoms with Crippen LogP contribution in [-0.4, -0.2) is 19.6 Å². The lowest BCUT2D eigenvalue weighted by atomic mass is 9.66. The Balaban J connectivity index is 1.97. The van der Waals surface area contributed by atoms with Gasteiger partial charge in [0.1, 0.15) is 5.75 Å². The van der Waals surface area contributed by atoms with E-state index in [0.29, 0.717) is 13.0 Å². The highest BCUT2D eigenvalue weighted by Gasteiger charge is 2.37. The first-order valence-electron chi connectivity index (χ1n) is 6.73. The molecule has 0 heterocycles. The van der Waals surface area contributed by atoms with Gasteiger partial charge in [0.2, 0.25) is 5.91 Å². The van der Waals surface area contributed by atoms with Crippen molar-refractivity contribution in [2.45, 2.75) is 32.6 Å². The van der Waals surface area contributed by atoms with Crippen molar-refractivity contribution < 1.29 is 9.53 Å². The van der Waals surface area contributed by atoms with Gasteiger partial charge >= 0.3 is 0 Å². The van der Waals surface area contributed by atoms with Gasteiger partial charge in [-0.2, -0.15) is 0 Å². The molecular weight excluding hydrogens is 240 g/mol. The smallest absolute Gasteiger partial charge is 0.224 e. The molecule has 0 aliphatic heterocycles. The number of ether oxygens (including phenoxy) is 1. The Morgan fingerprint density at radius 3 is 2.68 bits per heavy atom. The van der Waals surface area contributed by atoms with Crippen LogP contribution < -0.4 is 15.8 Å². The monoisotopic (exact) mass is 262 g/mol. The van der Waals surface area contributed by atoms with E-state index < -0.39 is 0 Å². The van der Waals surface area contributed by atoms with Crippen molar-refractivity contribution in [1.82, 2.24) is 0 Å². The summed E-state index contributed by atoms with van der Waals surface area (Å²) in [5.41, 5.74) is 7.65. The Kier molecular flexibility index (Phi) is 4.10. The van der Waals surface area contributed by atoms with Gasteiger partial charge in [-0.15, -0.1) is 0 Å². The van der Waals surface area contributed by atoms with Crippen LogP contribution in [0.15, 0.2) is 18.2 Å². The van der Waals surface area contributed by atoms with Crippen molar-refractivity contribution in [3.63, 3.8) is 0 Å². The van der Waals surface area contributed by atoms with E-state index in [-0.39, 0.29) is 11.3 Å². The number of hydrogen-bond acceptors (Lipinski definition) is 3. The highest BCUT2D eigenvalue weighted by atomic mass is 16.5. The van der Waals surface area contributed by atoms with Gasteiger partial charge in [-0.05, 0) is 55.5 Å². The first-order valence-corrected chi connectivity index (χ1v) is 6.73. The summed E-state index contributed by atoms with van der Waals surface area (Å²) in [7, 11) is 1.64. The molecule has 1 saturated carbocycles. The average molecular weight is 262 g/mol. The van der Waals surface area contributed by atoms with Crippen molar-refractivity contribution in [3.8, 4) is 5.75 Å².